The zero-order valence-corrected chi connectivity index (χ0v) is 14.7. The van der Waals surface area contributed by atoms with Gasteiger partial charge in [-0.2, -0.15) is 0 Å². The largest absolute Gasteiger partial charge is 0.497 e. The first kappa shape index (κ1) is 18.5. The number of carbonyl (C=O) groups excluding carboxylic acids is 1. The monoisotopic (exact) mass is 370 g/mol. The molecule has 0 saturated carbocycles. The van der Waals surface area contributed by atoms with Gasteiger partial charge in [0, 0.05) is 16.8 Å². The number of nitrogens with one attached hydrogen (secondary N) is 2. The van der Waals surface area contributed by atoms with Gasteiger partial charge in [0.2, 0.25) is 5.91 Å². The van der Waals surface area contributed by atoms with Gasteiger partial charge in [0.1, 0.15) is 11.6 Å². The Labute approximate surface area is 149 Å². The Hall–Kier alpha value is -1.82. The number of carbonyl (C=O) groups is 1. The summed E-state index contributed by atoms with van der Waals surface area (Å²) in [5.41, 5.74) is 1.20. The Morgan fingerprint density at radius 3 is 2.50 bits per heavy atom. The smallest absolute Gasteiger partial charge is 0.238 e. The topological polar surface area (TPSA) is 50.4 Å². The number of amides is 1. The molecule has 128 valence electrons. The Morgan fingerprint density at radius 2 is 1.88 bits per heavy atom. The van der Waals surface area contributed by atoms with Crippen LogP contribution >= 0.6 is 23.2 Å². The number of hydrogen-bond donors (Lipinski definition) is 2. The highest BCUT2D eigenvalue weighted by atomic mass is 35.5. The van der Waals surface area contributed by atoms with E-state index >= 15 is 0 Å². The summed E-state index contributed by atoms with van der Waals surface area (Å²) in [7, 11) is 1.57. The van der Waals surface area contributed by atoms with Crippen molar-refractivity contribution < 1.29 is 13.9 Å². The molecule has 0 unspecified atom stereocenters. The van der Waals surface area contributed by atoms with Crippen LogP contribution in [0.2, 0.25) is 10.0 Å². The standard InChI is InChI=1S/C17H17Cl2FN2O2/c1-10(13-7-16(20)15(19)8-14(13)18)21-9-17(23)22-11-3-5-12(24-2)6-4-11/h3-8,10,21H,9H2,1-2H3,(H,22,23)/t10-/m1/s1. The summed E-state index contributed by atoms with van der Waals surface area (Å²) in [6, 6.07) is 9.29. The predicted molar refractivity (Wildman–Crippen MR) is 94.5 cm³/mol. The molecular weight excluding hydrogens is 354 g/mol. The lowest BCUT2D eigenvalue weighted by atomic mass is 10.1. The SMILES string of the molecule is COc1ccc(NC(=O)CN[C@H](C)c2cc(F)c(Cl)cc2Cl)cc1. The van der Waals surface area contributed by atoms with Crippen LogP contribution in [0.5, 0.6) is 5.75 Å². The maximum absolute atomic E-state index is 13.6. The highest BCUT2D eigenvalue weighted by Gasteiger charge is 2.14. The van der Waals surface area contributed by atoms with Gasteiger partial charge in [0.15, 0.2) is 0 Å². The summed E-state index contributed by atoms with van der Waals surface area (Å²) >= 11 is 11.7. The van der Waals surface area contributed by atoms with E-state index in [1.165, 1.54) is 12.1 Å². The zero-order chi connectivity index (χ0) is 17.7. The third-order valence-electron chi connectivity index (χ3n) is 3.45. The average molecular weight is 371 g/mol. The first-order valence-corrected chi connectivity index (χ1v) is 7.98. The second-order valence-electron chi connectivity index (χ2n) is 5.17. The van der Waals surface area contributed by atoms with Gasteiger partial charge in [-0.15, -0.1) is 0 Å². The van der Waals surface area contributed by atoms with Crippen LogP contribution in [-0.2, 0) is 4.79 Å². The molecule has 4 nitrogen and oxygen atoms in total. The third-order valence-corrected chi connectivity index (χ3v) is 4.07. The minimum Gasteiger partial charge on any atom is -0.497 e. The molecule has 0 aliphatic heterocycles. The summed E-state index contributed by atoms with van der Waals surface area (Å²) < 4.78 is 18.6. The lowest BCUT2D eigenvalue weighted by Gasteiger charge is -2.16. The minimum absolute atomic E-state index is 0.0341. The van der Waals surface area contributed by atoms with Gasteiger partial charge in [0.05, 0.1) is 18.7 Å². The summed E-state index contributed by atoms with van der Waals surface area (Å²) in [5.74, 6) is -0.0656. The van der Waals surface area contributed by atoms with Gasteiger partial charge < -0.3 is 15.4 Å². The fourth-order valence-electron chi connectivity index (χ4n) is 2.11. The number of ether oxygens (including phenoxy) is 1. The molecule has 0 heterocycles. The number of benzene rings is 2. The van der Waals surface area contributed by atoms with Crippen molar-refractivity contribution in [2.24, 2.45) is 0 Å². The van der Waals surface area contributed by atoms with Gasteiger partial charge >= 0.3 is 0 Å². The van der Waals surface area contributed by atoms with Crippen LogP contribution in [0, 0.1) is 5.82 Å². The molecule has 1 atom stereocenters. The fourth-order valence-corrected chi connectivity index (χ4v) is 2.65. The molecule has 2 aromatic carbocycles. The number of anilines is 1. The van der Waals surface area contributed by atoms with E-state index < -0.39 is 5.82 Å². The van der Waals surface area contributed by atoms with Gasteiger partial charge in [-0.25, -0.2) is 4.39 Å². The predicted octanol–water partition coefficient (Wildman–Crippen LogP) is 4.43. The number of rotatable bonds is 6. The quantitative estimate of drug-likeness (QED) is 0.739. The molecule has 0 aromatic heterocycles. The third kappa shape index (κ3) is 4.84. The highest BCUT2D eigenvalue weighted by molar-refractivity contribution is 6.35. The highest BCUT2D eigenvalue weighted by Crippen LogP contribution is 2.28. The lowest BCUT2D eigenvalue weighted by Crippen LogP contribution is -2.30. The molecule has 0 aliphatic carbocycles. The second kappa shape index (κ2) is 8.33. The minimum atomic E-state index is -0.549. The van der Waals surface area contributed by atoms with E-state index in [1.807, 2.05) is 0 Å². The summed E-state index contributed by atoms with van der Waals surface area (Å²) in [6.45, 7) is 1.84. The summed E-state index contributed by atoms with van der Waals surface area (Å²) in [4.78, 5) is 12.0. The van der Waals surface area contributed by atoms with E-state index in [-0.39, 0.29) is 23.5 Å². The first-order chi connectivity index (χ1) is 11.4. The van der Waals surface area contributed by atoms with Crippen LogP contribution in [0.3, 0.4) is 0 Å². The van der Waals surface area contributed by atoms with Crippen molar-refractivity contribution in [3.8, 4) is 5.75 Å². The van der Waals surface area contributed by atoms with E-state index in [0.717, 1.165) is 0 Å². The molecule has 0 bridgehead atoms. The van der Waals surface area contributed by atoms with Crippen LogP contribution in [0.25, 0.3) is 0 Å². The molecule has 2 rings (SSSR count). The molecule has 0 radical (unpaired) electrons. The molecule has 0 saturated heterocycles. The van der Waals surface area contributed by atoms with Crippen molar-refractivity contribution >= 4 is 34.8 Å². The number of methoxy groups -OCH3 is 1. The van der Waals surface area contributed by atoms with Gasteiger partial charge in [-0.1, -0.05) is 23.2 Å². The second-order valence-corrected chi connectivity index (χ2v) is 5.98. The normalized spacial score (nSPS) is 11.9. The average Bonchev–Trinajstić information content (AvgIpc) is 2.56. The van der Waals surface area contributed by atoms with Crippen LogP contribution < -0.4 is 15.4 Å². The fraction of sp³-hybridized carbons (Fsp3) is 0.235. The van der Waals surface area contributed by atoms with E-state index in [1.54, 1.807) is 38.3 Å². The van der Waals surface area contributed by atoms with Crippen molar-refractivity contribution in [3.05, 3.63) is 57.8 Å². The van der Waals surface area contributed by atoms with Gasteiger partial charge in [-0.05, 0) is 48.9 Å². The van der Waals surface area contributed by atoms with E-state index in [2.05, 4.69) is 10.6 Å². The molecule has 0 spiro atoms. The van der Waals surface area contributed by atoms with Crippen molar-refractivity contribution in [1.29, 1.82) is 0 Å². The molecule has 2 aromatic rings. The Morgan fingerprint density at radius 1 is 1.21 bits per heavy atom. The molecule has 1 amide bonds. The summed E-state index contributed by atoms with van der Waals surface area (Å²) in [6.07, 6.45) is 0. The van der Waals surface area contributed by atoms with Gasteiger partial charge in [0.25, 0.3) is 0 Å². The molecule has 24 heavy (non-hydrogen) atoms. The van der Waals surface area contributed by atoms with Gasteiger partial charge in [-0.3, -0.25) is 4.79 Å². The van der Waals surface area contributed by atoms with Crippen molar-refractivity contribution in [2.75, 3.05) is 19.0 Å². The summed E-state index contributed by atoms with van der Waals surface area (Å²) in [5, 5.41) is 6.06. The van der Waals surface area contributed by atoms with Crippen molar-refractivity contribution in [3.63, 3.8) is 0 Å². The molecule has 0 fully saturated rings. The Kier molecular flexibility index (Phi) is 6.43. The molecular formula is C17H17Cl2FN2O2. The van der Waals surface area contributed by atoms with Crippen molar-refractivity contribution in [2.45, 2.75) is 13.0 Å². The van der Waals surface area contributed by atoms with Crippen LogP contribution in [0.4, 0.5) is 10.1 Å². The molecule has 0 aliphatic rings. The first-order valence-electron chi connectivity index (χ1n) is 7.22. The maximum atomic E-state index is 13.6. The van der Waals surface area contributed by atoms with Crippen LogP contribution in [0.15, 0.2) is 36.4 Å². The lowest BCUT2D eigenvalue weighted by molar-refractivity contribution is -0.115. The van der Waals surface area contributed by atoms with E-state index in [4.69, 9.17) is 27.9 Å². The van der Waals surface area contributed by atoms with Crippen molar-refractivity contribution in [1.82, 2.24) is 5.32 Å². The number of hydrogen-bond acceptors (Lipinski definition) is 3. The van der Waals surface area contributed by atoms with Crippen LogP contribution in [0.1, 0.15) is 18.5 Å². The molecule has 7 heteroatoms. The Bertz CT molecular complexity index is 723. The van der Waals surface area contributed by atoms with E-state index in [0.29, 0.717) is 22.0 Å². The van der Waals surface area contributed by atoms with E-state index in [9.17, 15) is 9.18 Å². The van der Waals surface area contributed by atoms with Crippen LogP contribution in [-0.4, -0.2) is 19.6 Å². The Balaban J connectivity index is 1.92. The zero-order valence-electron chi connectivity index (χ0n) is 13.2. The number of halogens is 3. The maximum Gasteiger partial charge on any atom is 0.238 e. The molecule has 2 N–H and O–H groups in total.